The molecule has 1 saturated heterocycles. The van der Waals surface area contributed by atoms with E-state index in [1.165, 1.54) is 6.92 Å². The molecule has 12 heteroatoms. The van der Waals surface area contributed by atoms with Crippen molar-refractivity contribution in [3.63, 3.8) is 0 Å². The highest BCUT2D eigenvalue weighted by Crippen LogP contribution is 2.27. The summed E-state index contributed by atoms with van der Waals surface area (Å²) in [5.74, 6) is -0.829. The lowest BCUT2D eigenvalue weighted by Gasteiger charge is -2.44. The molecule has 1 unspecified atom stereocenters. The van der Waals surface area contributed by atoms with Gasteiger partial charge in [0, 0.05) is 18.5 Å². The van der Waals surface area contributed by atoms with Crippen molar-refractivity contribution in [1.29, 1.82) is 0 Å². The van der Waals surface area contributed by atoms with Crippen LogP contribution in [0.3, 0.4) is 0 Å². The highest BCUT2D eigenvalue weighted by Gasteiger charge is 2.46. The molecule has 1 heterocycles. The summed E-state index contributed by atoms with van der Waals surface area (Å²) in [6, 6.07) is -1.28. The van der Waals surface area contributed by atoms with E-state index in [1.807, 2.05) is 13.8 Å². The Bertz CT molecular complexity index is 689. The van der Waals surface area contributed by atoms with Crippen LogP contribution in [0, 0.1) is 0 Å². The second kappa shape index (κ2) is 14.3. The van der Waals surface area contributed by atoms with E-state index in [0.717, 1.165) is 12.8 Å². The largest absolute Gasteiger partial charge is 0.463 e. The smallest absolute Gasteiger partial charge is 0.333 e. The Labute approximate surface area is 206 Å². The van der Waals surface area contributed by atoms with Crippen molar-refractivity contribution in [2.45, 2.75) is 102 Å². The van der Waals surface area contributed by atoms with E-state index in [2.05, 4.69) is 10.6 Å². The molecule has 0 saturated carbocycles. The van der Waals surface area contributed by atoms with Crippen LogP contribution in [-0.2, 0) is 23.8 Å². The number of aliphatic hydroxyl groups excluding tert-OH is 4. The summed E-state index contributed by atoms with van der Waals surface area (Å²) in [5.41, 5.74) is 0.344. The minimum atomic E-state index is -1.56. The molecule has 0 aromatic rings. The number of carbonyl (C=O) groups is 2. The summed E-state index contributed by atoms with van der Waals surface area (Å²) >= 11 is 0. The molecular formula is C22H39ClN2O9. The quantitative estimate of drug-likeness (QED) is 0.203. The van der Waals surface area contributed by atoms with Gasteiger partial charge in [-0.15, -0.1) is 12.4 Å². The van der Waals surface area contributed by atoms with Crippen LogP contribution in [0.25, 0.3) is 0 Å². The fourth-order valence-electron chi connectivity index (χ4n) is 4.20. The molecule has 198 valence electrons. The van der Waals surface area contributed by atoms with Crippen molar-refractivity contribution >= 4 is 24.3 Å². The number of hydrogen-bond acceptors (Lipinski definition) is 10. The maximum Gasteiger partial charge on any atom is 0.333 e. The number of halogens is 1. The third-order valence-electron chi connectivity index (χ3n) is 6.03. The summed E-state index contributed by atoms with van der Waals surface area (Å²) in [6.07, 6.45) is -4.40. The highest BCUT2D eigenvalue weighted by molar-refractivity contribution is 5.89. The third-order valence-corrected chi connectivity index (χ3v) is 6.03. The average molecular weight is 511 g/mol. The van der Waals surface area contributed by atoms with Crippen LogP contribution in [-0.4, -0.2) is 100 Å². The zero-order chi connectivity index (χ0) is 24.7. The Morgan fingerprint density at radius 2 is 1.79 bits per heavy atom. The Kier molecular flexibility index (Phi) is 12.9. The lowest BCUT2D eigenvalue weighted by molar-refractivity contribution is -0.239. The molecule has 2 aliphatic rings. The van der Waals surface area contributed by atoms with Crippen molar-refractivity contribution in [1.82, 2.24) is 10.6 Å². The minimum Gasteiger partial charge on any atom is -0.463 e. The van der Waals surface area contributed by atoms with E-state index >= 15 is 0 Å². The van der Waals surface area contributed by atoms with Crippen molar-refractivity contribution < 1.29 is 44.2 Å². The fraction of sp³-hybridized carbons (Fsp3) is 0.818. The fourth-order valence-corrected chi connectivity index (χ4v) is 4.20. The Balaban J connectivity index is 0.00000578. The number of esters is 1. The molecule has 0 radical (unpaired) electrons. The molecule has 1 amide bonds. The Morgan fingerprint density at radius 3 is 2.32 bits per heavy atom. The van der Waals surface area contributed by atoms with E-state index in [0.29, 0.717) is 5.57 Å². The van der Waals surface area contributed by atoms with E-state index in [9.17, 15) is 30.0 Å². The van der Waals surface area contributed by atoms with Crippen molar-refractivity contribution in [3.8, 4) is 0 Å². The van der Waals surface area contributed by atoms with Gasteiger partial charge in [-0.3, -0.25) is 10.1 Å². The molecule has 1 fully saturated rings. The molecule has 6 N–H and O–H groups in total. The van der Waals surface area contributed by atoms with E-state index in [-0.39, 0.29) is 37.4 Å². The number of rotatable bonds is 10. The van der Waals surface area contributed by atoms with Gasteiger partial charge >= 0.3 is 5.97 Å². The summed E-state index contributed by atoms with van der Waals surface area (Å²) in [4.78, 5) is 24.5. The van der Waals surface area contributed by atoms with Crippen molar-refractivity contribution in [2.24, 2.45) is 0 Å². The van der Waals surface area contributed by atoms with Gasteiger partial charge in [-0.1, -0.05) is 13.8 Å². The van der Waals surface area contributed by atoms with Crippen LogP contribution in [0.1, 0.15) is 47.0 Å². The first kappa shape index (κ1) is 30.7. The maximum absolute atomic E-state index is 12.5. The summed E-state index contributed by atoms with van der Waals surface area (Å²) in [6.45, 7) is 6.63. The standard InChI is InChI=1S/C22H38N2O9.ClH/c1-5-13(6-2)32-15-9-12(22(30)31-7-3)8-14(17(15)23-11(4)26)24-21-20(29)19(28)18(27)16(10-25)33-21;/h9,13-21,24-25,27-29H,5-8,10H2,1-4H3,(H,23,26);1H/t14-,15+,16+,17+,18+,19-,20+,21?;/m0./s1. The number of hydrogen-bond donors (Lipinski definition) is 6. The lowest BCUT2D eigenvalue weighted by Crippen LogP contribution is -2.67. The van der Waals surface area contributed by atoms with Gasteiger partial charge in [-0.25, -0.2) is 4.79 Å². The molecule has 34 heavy (non-hydrogen) atoms. The second-order valence-electron chi connectivity index (χ2n) is 8.40. The molecule has 0 spiro atoms. The minimum absolute atomic E-state index is 0. The van der Waals surface area contributed by atoms with Crippen LogP contribution >= 0.6 is 12.4 Å². The lowest BCUT2D eigenvalue weighted by atomic mass is 9.86. The van der Waals surface area contributed by atoms with Crippen LogP contribution in [0.2, 0.25) is 0 Å². The number of aliphatic hydroxyl groups is 4. The molecule has 1 aliphatic carbocycles. The maximum atomic E-state index is 12.5. The predicted molar refractivity (Wildman–Crippen MR) is 124 cm³/mol. The van der Waals surface area contributed by atoms with Crippen LogP contribution in [0.5, 0.6) is 0 Å². The van der Waals surface area contributed by atoms with Crippen molar-refractivity contribution in [2.75, 3.05) is 13.2 Å². The molecule has 2 rings (SSSR count). The highest BCUT2D eigenvalue weighted by atomic mass is 35.5. The summed E-state index contributed by atoms with van der Waals surface area (Å²) in [7, 11) is 0. The zero-order valence-electron chi connectivity index (χ0n) is 20.0. The normalized spacial score (nSPS) is 33.6. The zero-order valence-corrected chi connectivity index (χ0v) is 20.9. The molecule has 1 aliphatic heterocycles. The Morgan fingerprint density at radius 1 is 1.15 bits per heavy atom. The van der Waals surface area contributed by atoms with Gasteiger partial charge in [0.05, 0.1) is 31.5 Å². The van der Waals surface area contributed by atoms with Crippen LogP contribution in [0.15, 0.2) is 11.6 Å². The topological polar surface area (TPSA) is 167 Å². The van der Waals surface area contributed by atoms with E-state index in [4.69, 9.17) is 14.2 Å². The van der Waals surface area contributed by atoms with Gasteiger partial charge in [0.25, 0.3) is 0 Å². The first-order valence-electron chi connectivity index (χ1n) is 11.5. The first-order valence-corrected chi connectivity index (χ1v) is 11.5. The van der Waals surface area contributed by atoms with Crippen LogP contribution in [0.4, 0.5) is 0 Å². The summed E-state index contributed by atoms with van der Waals surface area (Å²) in [5, 5.41) is 46.0. The average Bonchev–Trinajstić information content (AvgIpc) is 2.79. The van der Waals surface area contributed by atoms with Gasteiger partial charge in [0.15, 0.2) is 0 Å². The Hall–Kier alpha value is -1.31. The van der Waals surface area contributed by atoms with E-state index in [1.54, 1.807) is 13.0 Å². The van der Waals surface area contributed by atoms with Gasteiger partial charge in [0.2, 0.25) is 5.91 Å². The van der Waals surface area contributed by atoms with Gasteiger partial charge in [-0.2, -0.15) is 0 Å². The number of ether oxygens (including phenoxy) is 3. The van der Waals surface area contributed by atoms with Gasteiger partial charge < -0.3 is 40.0 Å². The third kappa shape index (κ3) is 7.59. The molecular weight excluding hydrogens is 472 g/mol. The van der Waals surface area contributed by atoms with E-state index < -0.39 is 61.4 Å². The number of nitrogens with one attached hydrogen (secondary N) is 2. The second-order valence-corrected chi connectivity index (χ2v) is 8.40. The van der Waals surface area contributed by atoms with Crippen LogP contribution < -0.4 is 10.6 Å². The summed E-state index contributed by atoms with van der Waals surface area (Å²) < 4.78 is 17.0. The van der Waals surface area contributed by atoms with Crippen molar-refractivity contribution in [3.05, 3.63) is 11.6 Å². The molecule has 8 atom stereocenters. The predicted octanol–water partition coefficient (Wildman–Crippen LogP) is -0.862. The number of carbonyl (C=O) groups excluding carboxylic acids is 2. The van der Waals surface area contributed by atoms with Gasteiger partial charge in [0.1, 0.15) is 30.6 Å². The molecule has 0 aromatic heterocycles. The molecule has 0 aromatic carbocycles. The number of amides is 1. The SMILES string of the molecule is CCOC(=O)C1=C[C@@H](OC(CC)CC)[C@H](NC(C)=O)[C@@H](NC2O[C@H](CO)[C@@H](O)[C@H](O)[C@H]2O)C1.Cl. The molecule has 0 bridgehead atoms. The monoisotopic (exact) mass is 510 g/mol. The van der Waals surface area contributed by atoms with Gasteiger partial charge in [-0.05, 0) is 32.3 Å². The molecule has 11 nitrogen and oxygen atoms in total. The first-order chi connectivity index (χ1) is 15.7.